The molecule has 8 heteroatoms. The van der Waals surface area contributed by atoms with Crippen LogP contribution in [0.2, 0.25) is 0 Å². The van der Waals surface area contributed by atoms with Crippen molar-refractivity contribution in [2.24, 2.45) is 0 Å². The van der Waals surface area contributed by atoms with Crippen LogP contribution in [-0.4, -0.2) is 19.9 Å². The fourth-order valence-electron chi connectivity index (χ4n) is 1.84. The summed E-state index contributed by atoms with van der Waals surface area (Å²) in [4.78, 5) is 9.60. The normalized spacial score (nSPS) is 10.8. The molecule has 1 N–H and O–H groups in total. The maximum atomic E-state index is 13.6. The Morgan fingerprint density at radius 1 is 1.45 bits per heavy atom. The van der Waals surface area contributed by atoms with Gasteiger partial charge >= 0.3 is 5.69 Å². The number of hydrogen-bond acceptors (Lipinski definition) is 4. The fraction of sp³-hybridized carbons (Fsp3) is 0.333. The van der Waals surface area contributed by atoms with Crippen LogP contribution in [0.5, 0.6) is 0 Å². The smallest absolute Gasteiger partial charge is 0.258 e. The number of nitro benzene ring substituents is 1. The molecule has 0 aliphatic carbocycles. The first-order valence-corrected chi connectivity index (χ1v) is 7.04. The molecule has 1 rings (SSSR count). The molecule has 108 valence electrons. The van der Waals surface area contributed by atoms with E-state index in [9.17, 15) is 22.9 Å². The summed E-state index contributed by atoms with van der Waals surface area (Å²) >= 11 is 0. The van der Waals surface area contributed by atoms with Crippen molar-refractivity contribution in [2.75, 3.05) is 6.54 Å². The van der Waals surface area contributed by atoms with E-state index in [1.54, 1.807) is 6.92 Å². The summed E-state index contributed by atoms with van der Waals surface area (Å²) in [6.07, 6.45) is 0. The minimum Gasteiger partial charge on any atom is -0.258 e. The third-order valence-corrected chi connectivity index (χ3v) is 4.29. The maximum absolute atomic E-state index is 13.6. The van der Waals surface area contributed by atoms with Crippen LogP contribution in [0.3, 0.4) is 0 Å². The number of hydrogen-bond donors (Lipinski definition) is 1. The van der Waals surface area contributed by atoms with Gasteiger partial charge in [-0.05, 0) is 32.4 Å². The molecule has 0 radical (unpaired) electrons. The Balaban J connectivity index is 3.48. The Kier molecular flexibility index (Phi) is 4.81. The molecule has 0 fully saturated rings. The molecule has 0 bridgehead atoms. The van der Waals surface area contributed by atoms with E-state index in [0.29, 0.717) is 0 Å². The predicted octanol–water partition coefficient (Wildman–Crippen LogP) is 1.65. The Hall–Kier alpha value is -1.98. The zero-order valence-corrected chi connectivity index (χ0v) is 12.0. The third-order valence-electron chi connectivity index (χ3n) is 2.60. The van der Waals surface area contributed by atoms with Crippen LogP contribution in [-0.2, 0) is 10.0 Å². The van der Waals surface area contributed by atoms with Gasteiger partial charge in [0, 0.05) is 0 Å². The van der Waals surface area contributed by atoms with E-state index >= 15 is 0 Å². The van der Waals surface area contributed by atoms with Gasteiger partial charge in [0.2, 0.25) is 15.8 Å². The predicted molar refractivity (Wildman–Crippen MR) is 71.2 cm³/mol. The second kappa shape index (κ2) is 5.98. The lowest BCUT2D eigenvalue weighted by Gasteiger charge is -2.11. The summed E-state index contributed by atoms with van der Waals surface area (Å²) < 4.78 is 40.0. The Labute approximate surface area is 116 Å². The molecule has 0 amide bonds. The first kappa shape index (κ1) is 16.1. The van der Waals surface area contributed by atoms with Gasteiger partial charge in [-0.3, -0.25) is 10.1 Å². The van der Waals surface area contributed by atoms with E-state index in [-0.39, 0.29) is 22.6 Å². The van der Waals surface area contributed by atoms with Gasteiger partial charge in [0.1, 0.15) is 0 Å². The molecule has 0 atom stereocenters. The first-order valence-electron chi connectivity index (χ1n) is 5.55. The summed E-state index contributed by atoms with van der Waals surface area (Å²) in [7, 11) is -3.99. The van der Waals surface area contributed by atoms with E-state index < -0.39 is 26.5 Å². The van der Waals surface area contributed by atoms with Crippen molar-refractivity contribution in [3.63, 3.8) is 0 Å². The molecule has 0 unspecified atom stereocenters. The molecule has 1 aromatic rings. The standard InChI is InChI=1S/C12H13FN2O4S/c1-4-5-6-14-20(18,19)12-8(2)7-10(13)11(9(12)3)15(16)17/h7,14H,6H2,1-3H3. The maximum Gasteiger partial charge on any atom is 0.309 e. The van der Waals surface area contributed by atoms with Crippen LogP contribution in [0.4, 0.5) is 10.1 Å². The second-order valence-electron chi connectivity index (χ2n) is 3.99. The lowest BCUT2D eigenvalue weighted by Crippen LogP contribution is -2.26. The highest BCUT2D eigenvalue weighted by atomic mass is 32.2. The highest BCUT2D eigenvalue weighted by molar-refractivity contribution is 7.89. The first-order chi connectivity index (χ1) is 9.22. The van der Waals surface area contributed by atoms with Gasteiger partial charge in [-0.1, -0.05) is 5.92 Å². The molecule has 0 heterocycles. The number of nitrogens with zero attached hydrogens (tertiary/aromatic N) is 1. The Morgan fingerprint density at radius 3 is 2.55 bits per heavy atom. The van der Waals surface area contributed by atoms with Crippen molar-refractivity contribution < 1.29 is 17.7 Å². The molecule has 0 saturated carbocycles. The lowest BCUT2D eigenvalue weighted by atomic mass is 10.1. The van der Waals surface area contributed by atoms with Crippen LogP contribution in [0.25, 0.3) is 0 Å². The molecular formula is C12H13FN2O4S. The van der Waals surface area contributed by atoms with E-state index in [2.05, 4.69) is 16.6 Å². The topological polar surface area (TPSA) is 89.3 Å². The number of nitro groups is 1. The highest BCUT2D eigenvalue weighted by Crippen LogP contribution is 2.30. The van der Waals surface area contributed by atoms with E-state index in [4.69, 9.17) is 0 Å². The summed E-state index contributed by atoms with van der Waals surface area (Å²) in [6, 6.07) is 0.838. The van der Waals surface area contributed by atoms with Gasteiger partial charge in [0.25, 0.3) is 0 Å². The summed E-state index contributed by atoms with van der Waals surface area (Å²) in [5, 5.41) is 10.8. The van der Waals surface area contributed by atoms with Crippen molar-refractivity contribution >= 4 is 15.7 Å². The number of benzene rings is 1. The van der Waals surface area contributed by atoms with E-state index in [1.165, 1.54) is 13.8 Å². The molecule has 0 aromatic heterocycles. The van der Waals surface area contributed by atoms with Crippen molar-refractivity contribution in [2.45, 2.75) is 25.7 Å². The molecule has 0 aliphatic heterocycles. The van der Waals surface area contributed by atoms with E-state index in [1.807, 2.05) is 0 Å². The van der Waals surface area contributed by atoms with Crippen LogP contribution in [0, 0.1) is 41.6 Å². The third kappa shape index (κ3) is 3.12. The largest absolute Gasteiger partial charge is 0.309 e. The summed E-state index contributed by atoms with van der Waals surface area (Å²) in [5.41, 5.74) is -0.968. The molecule has 0 saturated heterocycles. The summed E-state index contributed by atoms with van der Waals surface area (Å²) in [6.45, 7) is 4.00. The average Bonchev–Trinajstić information content (AvgIpc) is 2.26. The van der Waals surface area contributed by atoms with Gasteiger partial charge in [0.05, 0.1) is 21.9 Å². The van der Waals surface area contributed by atoms with Gasteiger partial charge in [-0.15, -0.1) is 5.92 Å². The number of sulfonamides is 1. The van der Waals surface area contributed by atoms with Gasteiger partial charge in [-0.2, -0.15) is 9.11 Å². The van der Waals surface area contributed by atoms with Crippen molar-refractivity contribution in [1.82, 2.24) is 4.72 Å². The highest BCUT2D eigenvalue weighted by Gasteiger charge is 2.28. The van der Waals surface area contributed by atoms with Crippen LogP contribution in [0.1, 0.15) is 18.1 Å². The number of halogens is 1. The molecule has 0 spiro atoms. The second-order valence-corrected chi connectivity index (χ2v) is 5.69. The molecule has 6 nitrogen and oxygen atoms in total. The zero-order valence-electron chi connectivity index (χ0n) is 11.2. The zero-order chi connectivity index (χ0) is 15.5. The van der Waals surface area contributed by atoms with Crippen LogP contribution >= 0.6 is 0 Å². The van der Waals surface area contributed by atoms with Crippen LogP contribution < -0.4 is 4.72 Å². The minimum atomic E-state index is -3.99. The van der Waals surface area contributed by atoms with Gasteiger partial charge in [-0.25, -0.2) is 8.42 Å². The Morgan fingerprint density at radius 2 is 2.05 bits per heavy atom. The molecule has 20 heavy (non-hydrogen) atoms. The summed E-state index contributed by atoms with van der Waals surface area (Å²) in [5.74, 6) is 3.97. The van der Waals surface area contributed by atoms with Crippen LogP contribution in [0.15, 0.2) is 11.0 Å². The lowest BCUT2D eigenvalue weighted by molar-refractivity contribution is -0.388. The Bertz CT molecular complexity index is 717. The monoisotopic (exact) mass is 300 g/mol. The number of nitrogens with one attached hydrogen (secondary N) is 1. The quantitative estimate of drug-likeness (QED) is 0.520. The average molecular weight is 300 g/mol. The molecule has 1 aromatic carbocycles. The molecular weight excluding hydrogens is 287 g/mol. The van der Waals surface area contributed by atoms with Gasteiger partial charge in [0.15, 0.2) is 0 Å². The molecule has 0 aliphatic rings. The SMILES string of the molecule is CC#CCNS(=O)(=O)c1c(C)cc(F)c([N+](=O)[O-])c1C. The number of aryl methyl sites for hydroxylation is 1. The van der Waals surface area contributed by atoms with Gasteiger partial charge < -0.3 is 0 Å². The van der Waals surface area contributed by atoms with Crippen molar-refractivity contribution in [1.29, 1.82) is 0 Å². The van der Waals surface area contributed by atoms with E-state index in [0.717, 1.165) is 6.07 Å². The van der Waals surface area contributed by atoms with Crippen molar-refractivity contribution in [3.05, 3.63) is 33.1 Å². The fourth-order valence-corrected chi connectivity index (χ4v) is 3.22. The minimum absolute atomic E-state index is 0.0996. The number of rotatable bonds is 4. The van der Waals surface area contributed by atoms with Crippen molar-refractivity contribution in [3.8, 4) is 11.8 Å².